The molecular weight excluding hydrogens is 288 g/mol. The normalized spacial score (nSPS) is 22.0. The van der Waals surface area contributed by atoms with E-state index in [4.69, 9.17) is 9.47 Å². The Hall–Kier alpha value is -0.830. The van der Waals surface area contributed by atoms with Crippen LogP contribution in [0.4, 0.5) is 0 Å². The first kappa shape index (κ1) is 20.2. The largest absolute Gasteiger partial charge is 0.465 e. The number of esters is 1. The van der Waals surface area contributed by atoms with Gasteiger partial charge in [-0.3, -0.25) is 4.79 Å². The Morgan fingerprint density at radius 2 is 2.09 bits per heavy atom. The van der Waals surface area contributed by atoms with E-state index in [-0.39, 0.29) is 11.9 Å². The summed E-state index contributed by atoms with van der Waals surface area (Å²) < 4.78 is 11.3. The Kier molecular flexibility index (Phi) is 8.90. The van der Waals surface area contributed by atoms with Crippen LogP contribution in [0.5, 0.6) is 0 Å². The average molecular weight is 325 g/mol. The molecule has 0 spiro atoms. The quantitative estimate of drug-likeness (QED) is 0.328. The van der Waals surface area contributed by atoms with Gasteiger partial charge in [-0.05, 0) is 64.7 Å². The number of carbonyl (C=O) groups excluding carboxylic acids is 1. The van der Waals surface area contributed by atoms with Crippen LogP contribution in [-0.4, -0.2) is 25.3 Å². The van der Waals surface area contributed by atoms with Crippen LogP contribution in [0.15, 0.2) is 11.6 Å². The van der Waals surface area contributed by atoms with Gasteiger partial charge < -0.3 is 9.47 Å². The third-order valence-electron chi connectivity index (χ3n) is 5.17. The highest BCUT2D eigenvalue weighted by molar-refractivity contribution is 5.79. The van der Waals surface area contributed by atoms with Gasteiger partial charge in [0.15, 0.2) is 0 Å². The molecule has 0 radical (unpaired) electrons. The number of hydrogen-bond acceptors (Lipinski definition) is 3. The maximum atomic E-state index is 12.5. The summed E-state index contributed by atoms with van der Waals surface area (Å²) in [7, 11) is 0. The van der Waals surface area contributed by atoms with E-state index in [1.165, 1.54) is 24.8 Å². The molecular formula is C20H36O3. The fraction of sp³-hybridized carbons (Fsp3) is 0.850. The lowest BCUT2D eigenvalue weighted by Crippen LogP contribution is -2.33. The summed E-state index contributed by atoms with van der Waals surface area (Å²) >= 11 is 0. The molecule has 134 valence electrons. The molecule has 1 rings (SSSR count). The second-order valence-corrected chi connectivity index (χ2v) is 7.40. The second-order valence-electron chi connectivity index (χ2n) is 7.40. The van der Waals surface area contributed by atoms with Crippen molar-refractivity contribution < 1.29 is 14.3 Å². The summed E-state index contributed by atoms with van der Waals surface area (Å²) in [6.45, 7) is 11.8. The SMILES string of the molecule is CC/C(C)=C/C(C)(C(=O)OCCCCC1CCCCO1)C(C)C. The second kappa shape index (κ2) is 10.1. The molecule has 0 aromatic carbocycles. The fourth-order valence-corrected chi connectivity index (χ4v) is 2.90. The monoisotopic (exact) mass is 324 g/mol. The number of hydrogen-bond donors (Lipinski definition) is 0. The molecule has 0 aliphatic carbocycles. The van der Waals surface area contributed by atoms with Crippen molar-refractivity contribution in [2.75, 3.05) is 13.2 Å². The Morgan fingerprint density at radius 1 is 1.35 bits per heavy atom. The topological polar surface area (TPSA) is 35.5 Å². The van der Waals surface area contributed by atoms with Gasteiger partial charge in [-0.15, -0.1) is 0 Å². The van der Waals surface area contributed by atoms with Crippen molar-refractivity contribution in [2.45, 2.75) is 85.7 Å². The van der Waals surface area contributed by atoms with Gasteiger partial charge in [-0.2, -0.15) is 0 Å². The Morgan fingerprint density at radius 3 is 2.65 bits per heavy atom. The standard InChI is InChI=1S/C20H36O3/c1-6-17(4)15-20(5,16(2)3)19(21)23-14-10-8-12-18-11-7-9-13-22-18/h15-16,18H,6-14H2,1-5H3/b17-15+. The van der Waals surface area contributed by atoms with Crippen molar-refractivity contribution in [1.82, 2.24) is 0 Å². The van der Waals surface area contributed by atoms with Crippen LogP contribution >= 0.6 is 0 Å². The molecule has 0 amide bonds. The summed E-state index contributed by atoms with van der Waals surface area (Å²) in [5, 5.41) is 0. The Balaban J connectivity index is 2.35. The smallest absolute Gasteiger partial charge is 0.315 e. The first-order valence-electron chi connectivity index (χ1n) is 9.37. The molecule has 3 heteroatoms. The highest BCUT2D eigenvalue weighted by Crippen LogP contribution is 2.32. The molecule has 1 aliphatic heterocycles. The van der Waals surface area contributed by atoms with E-state index in [0.29, 0.717) is 12.7 Å². The molecule has 1 saturated heterocycles. The van der Waals surface area contributed by atoms with E-state index < -0.39 is 5.41 Å². The molecule has 2 atom stereocenters. The predicted octanol–water partition coefficient (Wildman–Crippen LogP) is 5.29. The molecule has 2 unspecified atom stereocenters. The minimum Gasteiger partial charge on any atom is -0.465 e. The lowest BCUT2D eigenvalue weighted by Gasteiger charge is -2.29. The van der Waals surface area contributed by atoms with Gasteiger partial charge in [-0.25, -0.2) is 0 Å². The number of unbranched alkanes of at least 4 members (excludes halogenated alkanes) is 1. The van der Waals surface area contributed by atoms with Gasteiger partial charge in [0.05, 0.1) is 18.1 Å². The van der Waals surface area contributed by atoms with Crippen LogP contribution in [-0.2, 0) is 14.3 Å². The summed E-state index contributed by atoms with van der Waals surface area (Å²) in [6.07, 6.45) is 10.3. The van der Waals surface area contributed by atoms with Crippen molar-refractivity contribution in [1.29, 1.82) is 0 Å². The van der Waals surface area contributed by atoms with Crippen molar-refractivity contribution in [3.05, 3.63) is 11.6 Å². The van der Waals surface area contributed by atoms with E-state index >= 15 is 0 Å². The van der Waals surface area contributed by atoms with Crippen LogP contribution < -0.4 is 0 Å². The lowest BCUT2D eigenvalue weighted by molar-refractivity contribution is -0.154. The van der Waals surface area contributed by atoms with Gasteiger partial charge in [0.25, 0.3) is 0 Å². The third-order valence-corrected chi connectivity index (χ3v) is 5.17. The van der Waals surface area contributed by atoms with E-state index in [2.05, 4.69) is 33.8 Å². The molecule has 1 aliphatic rings. The van der Waals surface area contributed by atoms with Crippen molar-refractivity contribution in [2.24, 2.45) is 11.3 Å². The summed E-state index contributed by atoms with van der Waals surface area (Å²) in [5.74, 6) is 0.140. The van der Waals surface area contributed by atoms with Crippen LogP contribution in [0.25, 0.3) is 0 Å². The minimum atomic E-state index is -0.521. The molecule has 0 bridgehead atoms. The number of rotatable bonds is 9. The van der Waals surface area contributed by atoms with E-state index in [9.17, 15) is 4.79 Å². The summed E-state index contributed by atoms with van der Waals surface area (Å²) in [6, 6.07) is 0. The van der Waals surface area contributed by atoms with Gasteiger partial charge >= 0.3 is 5.97 Å². The van der Waals surface area contributed by atoms with Crippen LogP contribution in [0, 0.1) is 11.3 Å². The maximum Gasteiger partial charge on any atom is 0.315 e. The van der Waals surface area contributed by atoms with Gasteiger partial charge in [0.1, 0.15) is 0 Å². The van der Waals surface area contributed by atoms with Crippen molar-refractivity contribution in [3.8, 4) is 0 Å². The van der Waals surface area contributed by atoms with E-state index in [0.717, 1.165) is 32.3 Å². The first-order valence-corrected chi connectivity index (χ1v) is 9.37. The average Bonchev–Trinajstić information content (AvgIpc) is 2.54. The summed E-state index contributed by atoms with van der Waals surface area (Å²) in [5.41, 5.74) is 0.722. The number of carbonyl (C=O) groups is 1. The zero-order chi connectivity index (χ0) is 17.3. The van der Waals surface area contributed by atoms with Crippen molar-refractivity contribution >= 4 is 5.97 Å². The van der Waals surface area contributed by atoms with E-state index in [1.807, 2.05) is 6.92 Å². The highest BCUT2D eigenvalue weighted by atomic mass is 16.5. The molecule has 23 heavy (non-hydrogen) atoms. The Labute approximate surface area is 142 Å². The van der Waals surface area contributed by atoms with Gasteiger partial charge in [-0.1, -0.05) is 32.4 Å². The lowest BCUT2D eigenvalue weighted by atomic mass is 9.77. The molecule has 0 saturated carbocycles. The van der Waals surface area contributed by atoms with E-state index in [1.54, 1.807) is 0 Å². The predicted molar refractivity (Wildman–Crippen MR) is 95.4 cm³/mol. The van der Waals surface area contributed by atoms with Crippen LogP contribution in [0.1, 0.15) is 79.6 Å². The minimum absolute atomic E-state index is 0.0887. The van der Waals surface area contributed by atoms with Gasteiger partial charge in [0, 0.05) is 6.61 Å². The Bertz CT molecular complexity index is 380. The molecule has 3 nitrogen and oxygen atoms in total. The van der Waals surface area contributed by atoms with Gasteiger partial charge in [0.2, 0.25) is 0 Å². The summed E-state index contributed by atoms with van der Waals surface area (Å²) in [4.78, 5) is 12.5. The molecule has 0 aromatic heterocycles. The van der Waals surface area contributed by atoms with Crippen molar-refractivity contribution in [3.63, 3.8) is 0 Å². The molecule has 1 fully saturated rings. The maximum absolute atomic E-state index is 12.5. The first-order chi connectivity index (χ1) is 10.9. The molecule has 0 N–H and O–H groups in total. The molecule has 1 heterocycles. The van der Waals surface area contributed by atoms with Crippen LogP contribution in [0.3, 0.4) is 0 Å². The number of ether oxygens (including phenoxy) is 2. The number of allylic oxidation sites excluding steroid dienone is 1. The highest BCUT2D eigenvalue weighted by Gasteiger charge is 2.36. The van der Waals surface area contributed by atoms with Crippen LogP contribution in [0.2, 0.25) is 0 Å². The third kappa shape index (κ3) is 6.66. The zero-order valence-corrected chi connectivity index (χ0v) is 15.8. The molecule has 0 aromatic rings. The zero-order valence-electron chi connectivity index (χ0n) is 15.8. The fourth-order valence-electron chi connectivity index (χ4n) is 2.90.